The number of alkyl halides is 2. The van der Waals surface area contributed by atoms with Crippen LogP contribution in [-0.2, 0) is 9.47 Å². The fraction of sp³-hybridized carbons (Fsp3) is 0.556. The van der Waals surface area contributed by atoms with Crippen LogP contribution in [0.25, 0.3) is 16.9 Å². The highest BCUT2D eigenvalue weighted by molar-refractivity contribution is 5.78. The van der Waals surface area contributed by atoms with E-state index in [-0.39, 0.29) is 11.9 Å². The zero-order valence-corrected chi connectivity index (χ0v) is 22.6. The number of hydrogen-bond donors (Lipinski definition) is 1. The van der Waals surface area contributed by atoms with Crippen molar-refractivity contribution in [1.29, 1.82) is 0 Å². The van der Waals surface area contributed by atoms with E-state index in [4.69, 9.17) is 14.5 Å². The number of para-hydroxylation sites is 2. The van der Waals surface area contributed by atoms with Crippen LogP contribution in [-0.4, -0.2) is 82.1 Å². The van der Waals surface area contributed by atoms with Crippen LogP contribution in [0.5, 0.6) is 0 Å². The highest BCUT2D eigenvalue weighted by Gasteiger charge is 2.27. The van der Waals surface area contributed by atoms with Crippen LogP contribution in [0.4, 0.5) is 25.3 Å². The van der Waals surface area contributed by atoms with Crippen molar-refractivity contribution in [2.45, 2.75) is 45.6 Å². The molecule has 0 bridgehead atoms. The van der Waals surface area contributed by atoms with Gasteiger partial charge in [0.2, 0.25) is 5.95 Å². The van der Waals surface area contributed by atoms with E-state index in [1.165, 1.54) is 4.57 Å². The molecule has 0 radical (unpaired) electrons. The van der Waals surface area contributed by atoms with E-state index in [0.717, 1.165) is 12.8 Å². The number of halogens is 2. The summed E-state index contributed by atoms with van der Waals surface area (Å²) in [7, 11) is 0. The quantitative estimate of drug-likeness (QED) is 0.480. The van der Waals surface area contributed by atoms with Crippen LogP contribution in [0.3, 0.4) is 0 Å². The van der Waals surface area contributed by atoms with Gasteiger partial charge >= 0.3 is 6.09 Å². The Morgan fingerprint density at radius 3 is 2.46 bits per heavy atom. The summed E-state index contributed by atoms with van der Waals surface area (Å²) in [6.07, 6.45) is -1.44. The second-order valence-corrected chi connectivity index (χ2v) is 10.9. The number of aromatic nitrogens is 4. The number of piperidine rings is 1. The Bertz CT molecular complexity index is 1300. The number of anilines is 2. The van der Waals surface area contributed by atoms with Crippen molar-refractivity contribution < 1.29 is 23.0 Å². The van der Waals surface area contributed by atoms with Gasteiger partial charge in [0.1, 0.15) is 17.2 Å². The molecule has 2 aliphatic heterocycles. The third kappa shape index (κ3) is 6.38. The fourth-order valence-electron chi connectivity index (χ4n) is 4.88. The Hall–Kier alpha value is -3.54. The van der Waals surface area contributed by atoms with Gasteiger partial charge in [0, 0.05) is 38.8 Å². The van der Waals surface area contributed by atoms with Crippen molar-refractivity contribution in [3.05, 3.63) is 36.2 Å². The maximum atomic E-state index is 14.1. The molecule has 3 aromatic rings. The van der Waals surface area contributed by atoms with Crippen molar-refractivity contribution in [2.24, 2.45) is 5.92 Å². The molecule has 10 nitrogen and oxygen atoms in total. The number of fused-ring (bicyclic) bond motifs is 1. The summed E-state index contributed by atoms with van der Waals surface area (Å²) in [5, 5.41) is 3.34. The highest BCUT2D eigenvalue weighted by Crippen LogP contribution is 2.29. The van der Waals surface area contributed by atoms with Gasteiger partial charge in [-0.2, -0.15) is 9.97 Å². The number of rotatable bonds is 6. The number of benzene rings is 1. The first-order valence-corrected chi connectivity index (χ1v) is 13.4. The van der Waals surface area contributed by atoms with Gasteiger partial charge < -0.3 is 24.6 Å². The summed E-state index contributed by atoms with van der Waals surface area (Å²) in [5.74, 6) is 1.28. The third-order valence-electron chi connectivity index (χ3n) is 6.86. The molecule has 0 saturated carbocycles. The van der Waals surface area contributed by atoms with Crippen LogP contribution < -0.4 is 10.2 Å². The molecular weight excluding hydrogens is 508 g/mol. The van der Waals surface area contributed by atoms with E-state index >= 15 is 0 Å². The minimum atomic E-state index is -2.77. The summed E-state index contributed by atoms with van der Waals surface area (Å²) in [5.41, 5.74) is 0.506. The zero-order valence-electron chi connectivity index (χ0n) is 22.6. The molecule has 2 aliphatic rings. The molecule has 2 fully saturated rings. The van der Waals surface area contributed by atoms with Crippen LogP contribution >= 0.6 is 0 Å². The van der Waals surface area contributed by atoms with Gasteiger partial charge in [-0.1, -0.05) is 12.1 Å². The predicted molar refractivity (Wildman–Crippen MR) is 144 cm³/mol. The minimum Gasteiger partial charge on any atom is -0.444 e. The van der Waals surface area contributed by atoms with Crippen LogP contribution in [0, 0.1) is 5.92 Å². The first-order chi connectivity index (χ1) is 18.7. The summed E-state index contributed by atoms with van der Waals surface area (Å²) in [6.45, 7) is 9.81. The van der Waals surface area contributed by atoms with E-state index in [0.29, 0.717) is 80.5 Å². The molecule has 1 aromatic carbocycles. The lowest BCUT2D eigenvalue weighted by Gasteiger charge is -2.33. The predicted octanol–water partition coefficient (Wildman–Crippen LogP) is 4.65. The monoisotopic (exact) mass is 543 g/mol. The smallest absolute Gasteiger partial charge is 0.410 e. The number of hydrogen-bond acceptors (Lipinski definition) is 8. The van der Waals surface area contributed by atoms with E-state index in [2.05, 4.69) is 20.2 Å². The third-order valence-corrected chi connectivity index (χ3v) is 6.86. The number of amides is 1. The first kappa shape index (κ1) is 27.0. The largest absolute Gasteiger partial charge is 0.444 e. The molecule has 0 atom stereocenters. The van der Waals surface area contributed by atoms with Crippen LogP contribution in [0.15, 0.2) is 30.3 Å². The summed E-state index contributed by atoms with van der Waals surface area (Å²) >= 11 is 0. The van der Waals surface area contributed by atoms with Gasteiger partial charge in [-0.3, -0.25) is 4.57 Å². The van der Waals surface area contributed by atoms with Crippen molar-refractivity contribution in [3.8, 4) is 5.82 Å². The number of carbonyl (C=O) groups is 1. The maximum Gasteiger partial charge on any atom is 0.410 e. The molecule has 2 saturated heterocycles. The Balaban J connectivity index is 1.37. The number of carbonyl (C=O) groups excluding carboxylic acids is 1. The molecule has 5 rings (SSSR count). The summed E-state index contributed by atoms with van der Waals surface area (Å²) in [6, 6.07) is 8.77. The number of ether oxygens (including phenoxy) is 2. The highest BCUT2D eigenvalue weighted by atomic mass is 19.3. The van der Waals surface area contributed by atoms with Gasteiger partial charge in [0.15, 0.2) is 5.82 Å². The Kier molecular flexibility index (Phi) is 7.83. The number of likely N-dealkylation sites (tertiary alicyclic amines) is 1. The van der Waals surface area contributed by atoms with Crippen LogP contribution in [0.2, 0.25) is 0 Å². The van der Waals surface area contributed by atoms with Gasteiger partial charge in [0.25, 0.3) is 6.43 Å². The molecule has 2 aromatic heterocycles. The number of imidazole rings is 1. The number of nitrogens with zero attached hydrogens (tertiary/aromatic N) is 6. The summed E-state index contributed by atoms with van der Waals surface area (Å²) in [4.78, 5) is 29.8. The molecule has 0 unspecified atom stereocenters. The summed E-state index contributed by atoms with van der Waals surface area (Å²) < 4.78 is 40.5. The molecule has 4 heterocycles. The van der Waals surface area contributed by atoms with Crippen molar-refractivity contribution in [3.63, 3.8) is 0 Å². The molecular formula is C27H35F2N7O3. The van der Waals surface area contributed by atoms with Crippen molar-refractivity contribution >= 4 is 28.9 Å². The molecule has 39 heavy (non-hydrogen) atoms. The molecule has 1 N–H and O–H groups in total. The molecule has 210 valence electrons. The Labute approximate surface area is 226 Å². The lowest BCUT2D eigenvalue weighted by molar-refractivity contribution is 0.0188. The number of morpholine rings is 1. The van der Waals surface area contributed by atoms with E-state index in [9.17, 15) is 13.6 Å². The molecule has 0 aliphatic carbocycles. The van der Waals surface area contributed by atoms with Gasteiger partial charge in [-0.25, -0.2) is 18.6 Å². The average molecular weight is 544 g/mol. The van der Waals surface area contributed by atoms with Crippen LogP contribution in [0.1, 0.15) is 45.9 Å². The second kappa shape index (κ2) is 11.3. The van der Waals surface area contributed by atoms with E-state index in [1.807, 2.05) is 20.8 Å². The van der Waals surface area contributed by atoms with Crippen molar-refractivity contribution in [2.75, 3.05) is 56.2 Å². The second-order valence-electron chi connectivity index (χ2n) is 10.9. The standard InChI is InChI=1S/C27H35F2N7O3/c1-27(2,3)39-26(37)35-10-8-18(9-11-35)17-30-25-32-21(34-12-14-38-15-13-34)16-22(33-25)36-20-7-5-4-6-19(20)31-24(36)23(28)29/h4-7,16,18,23H,8-15,17H2,1-3H3,(H,30,32,33). The van der Waals surface area contributed by atoms with Gasteiger partial charge in [-0.05, 0) is 51.7 Å². The number of nitrogens with one attached hydrogen (secondary N) is 1. The van der Waals surface area contributed by atoms with Crippen molar-refractivity contribution in [1.82, 2.24) is 24.4 Å². The molecule has 12 heteroatoms. The molecule has 1 amide bonds. The molecule has 0 spiro atoms. The topological polar surface area (TPSA) is 97.6 Å². The average Bonchev–Trinajstić information content (AvgIpc) is 3.32. The fourth-order valence-corrected chi connectivity index (χ4v) is 4.88. The zero-order chi connectivity index (χ0) is 27.6. The SMILES string of the molecule is CC(C)(C)OC(=O)N1CCC(CNc2nc(N3CCOCC3)cc(-n3c(C(F)F)nc4ccccc43)n2)CC1. The minimum absolute atomic E-state index is 0.289. The van der Waals surface area contributed by atoms with E-state index in [1.54, 1.807) is 35.2 Å². The van der Waals surface area contributed by atoms with Gasteiger partial charge in [-0.15, -0.1) is 0 Å². The normalized spacial score (nSPS) is 17.2. The first-order valence-electron chi connectivity index (χ1n) is 13.4. The lowest BCUT2D eigenvalue weighted by atomic mass is 9.97. The van der Waals surface area contributed by atoms with E-state index < -0.39 is 12.0 Å². The lowest BCUT2D eigenvalue weighted by Crippen LogP contribution is -2.42. The Morgan fingerprint density at radius 2 is 1.77 bits per heavy atom. The van der Waals surface area contributed by atoms with Gasteiger partial charge in [0.05, 0.1) is 24.2 Å². The Morgan fingerprint density at radius 1 is 1.08 bits per heavy atom. The maximum absolute atomic E-state index is 14.1.